The summed E-state index contributed by atoms with van der Waals surface area (Å²) in [6.07, 6.45) is 1.50. The average Bonchev–Trinajstić information content (AvgIpc) is 2.68. The van der Waals surface area contributed by atoms with Crippen LogP contribution >= 0.6 is 38.5 Å². The van der Waals surface area contributed by atoms with Crippen molar-refractivity contribution in [3.8, 4) is 11.8 Å². The number of aryl methyl sites for hydroxylation is 1. The first-order chi connectivity index (χ1) is 13.8. The summed E-state index contributed by atoms with van der Waals surface area (Å²) < 4.78 is 11.3. The molecule has 0 aliphatic heterocycles. The van der Waals surface area contributed by atoms with E-state index in [1.165, 1.54) is 13.2 Å². The van der Waals surface area contributed by atoms with Gasteiger partial charge in [-0.25, -0.2) is 4.79 Å². The number of amides is 1. The quantitative estimate of drug-likeness (QED) is 0.235. The number of nitriles is 1. The summed E-state index contributed by atoms with van der Waals surface area (Å²) >= 11 is 5.45. The summed E-state index contributed by atoms with van der Waals surface area (Å²) in [5, 5.41) is 12.2. The molecule has 0 saturated carbocycles. The Morgan fingerprint density at radius 3 is 2.66 bits per heavy atom. The standard InChI is InChI=1S/C21H18BrIN2O4/c1-12-5-4-6-18(13(12)2)25-21(27)15(10-24)7-14-8-16(22)20(17(23)9-14)29-11-19(26)28-3/h4-9H,11H2,1-3H3,(H,25,27)/b15-7+. The summed E-state index contributed by atoms with van der Waals surface area (Å²) in [7, 11) is 1.28. The van der Waals surface area contributed by atoms with Gasteiger partial charge in [0.25, 0.3) is 5.91 Å². The van der Waals surface area contributed by atoms with Crippen molar-refractivity contribution in [1.82, 2.24) is 0 Å². The second-order valence-electron chi connectivity index (χ2n) is 6.05. The van der Waals surface area contributed by atoms with Gasteiger partial charge in [-0.1, -0.05) is 12.1 Å². The van der Waals surface area contributed by atoms with Gasteiger partial charge in [0.1, 0.15) is 17.4 Å². The SMILES string of the molecule is COC(=O)COc1c(Br)cc(/C=C(\C#N)C(=O)Nc2cccc(C)c2C)cc1I. The predicted molar refractivity (Wildman–Crippen MR) is 123 cm³/mol. The van der Waals surface area contributed by atoms with E-state index >= 15 is 0 Å². The highest BCUT2D eigenvalue weighted by Crippen LogP contribution is 2.33. The molecule has 0 bridgehead atoms. The monoisotopic (exact) mass is 568 g/mol. The molecule has 1 N–H and O–H groups in total. The normalized spacial score (nSPS) is 10.8. The number of esters is 1. The van der Waals surface area contributed by atoms with E-state index in [4.69, 9.17) is 4.74 Å². The maximum Gasteiger partial charge on any atom is 0.343 e. The van der Waals surface area contributed by atoms with Crippen LogP contribution in [0.2, 0.25) is 0 Å². The number of carbonyl (C=O) groups is 2. The van der Waals surface area contributed by atoms with Crippen LogP contribution in [0.15, 0.2) is 40.4 Å². The molecule has 2 rings (SSSR count). The molecule has 0 aliphatic carbocycles. The van der Waals surface area contributed by atoms with Crippen LogP contribution < -0.4 is 10.1 Å². The van der Waals surface area contributed by atoms with Crippen molar-refractivity contribution in [3.05, 3.63) is 60.6 Å². The van der Waals surface area contributed by atoms with Crippen LogP contribution in [-0.2, 0) is 14.3 Å². The number of benzene rings is 2. The first kappa shape index (κ1) is 22.9. The highest BCUT2D eigenvalue weighted by Gasteiger charge is 2.14. The fourth-order valence-electron chi connectivity index (χ4n) is 2.38. The maximum atomic E-state index is 12.6. The molecular formula is C21H18BrIN2O4. The molecule has 29 heavy (non-hydrogen) atoms. The van der Waals surface area contributed by atoms with E-state index in [0.29, 0.717) is 25.0 Å². The van der Waals surface area contributed by atoms with Gasteiger partial charge in [0, 0.05) is 5.69 Å². The van der Waals surface area contributed by atoms with E-state index in [-0.39, 0.29) is 12.2 Å². The van der Waals surface area contributed by atoms with E-state index in [0.717, 1.165) is 11.1 Å². The Kier molecular flexibility index (Phi) is 8.22. The van der Waals surface area contributed by atoms with E-state index < -0.39 is 11.9 Å². The van der Waals surface area contributed by atoms with Crippen molar-refractivity contribution in [2.75, 3.05) is 19.0 Å². The number of anilines is 1. The van der Waals surface area contributed by atoms with E-state index in [9.17, 15) is 14.9 Å². The van der Waals surface area contributed by atoms with E-state index in [2.05, 4.69) is 48.6 Å². The van der Waals surface area contributed by atoms with Crippen LogP contribution in [0, 0.1) is 28.7 Å². The smallest absolute Gasteiger partial charge is 0.343 e. The van der Waals surface area contributed by atoms with Crippen LogP contribution in [0.3, 0.4) is 0 Å². The summed E-state index contributed by atoms with van der Waals surface area (Å²) in [4.78, 5) is 23.8. The zero-order valence-corrected chi connectivity index (χ0v) is 19.8. The lowest BCUT2D eigenvalue weighted by molar-refractivity contribution is -0.142. The van der Waals surface area contributed by atoms with Crippen molar-refractivity contribution in [3.63, 3.8) is 0 Å². The number of rotatable bonds is 6. The number of methoxy groups -OCH3 is 1. The molecule has 0 radical (unpaired) electrons. The van der Waals surface area contributed by atoms with Gasteiger partial charge in [0.15, 0.2) is 6.61 Å². The number of hydrogen-bond donors (Lipinski definition) is 1. The van der Waals surface area contributed by atoms with Gasteiger partial charge < -0.3 is 14.8 Å². The molecule has 2 aromatic carbocycles. The Balaban J connectivity index is 2.26. The second-order valence-corrected chi connectivity index (χ2v) is 8.07. The fraction of sp³-hybridized carbons (Fsp3) is 0.190. The molecule has 0 fully saturated rings. The topological polar surface area (TPSA) is 88.4 Å². The molecule has 0 heterocycles. The first-order valence-electron chi connectivity index (χ1n) is 8.44. The van der Waals surface area contributed by atoms with Gasteiger partial charge in [0.05, 0.1) is 15.2 Å². The molecule has 0 unspecified atom stereocenters. The third kappa shape index (κ3) is 6.05. The Labute approximate surface area is 191 Å². The molecule has 0 saturated heterocycles. The first-order valence-corrected chi connectivity index (χ1v) is 10.3. The molecule has 150 valence electrons. The largest absolute Gasteiger partial charge is 0.480 e. The van der Waals surface area contributed by atoms with E-state index in [1.807, 2.05) is 32.0 Å². The van der Waals surface area contributed by atoms with Crippen molar-refractivity contribution in [1.29, 1.82) is 5.26 Å². The Bertz CT molecular complexity index is 1000. The van der Waals surface area contributed by atoms with Crippen LogP contribution in [0.1, 0.15) is 16.7 Å². The summed E-state index contributed by atoms with van der Waals surface area (Å²) in [6, 6.07) is 11.0. The van der Waals surface area contributed by atoms with Gasteiger partial charge in [0.2, 0.25) is 0 Å². The molecule has 0 spiro atoms. The number of nitrogens with one attached hydrogen (secondary N) is 1. The van der Waals surface area contributed by atoms with Crippen LogP contribution in [0.5, 0.6) is 5.75 Å². The Hall–Kier alpha value is -2.38. The lowest BCUT2D eigenvalue weighted by atomic mass is 10.1. The molecule has 0 atom stereocenters. The predicted octanol–water partition coefficient (Wildman–Crippen LogP) is 4.77. The molecule has 1 amide bonds. The maximum absolute atomic E-state index is 12.6. The van der Waals surface area contributed by atoms with Crippen molar-refractivity contribution in [2.24, 2.45) is 0 Å². The highest BCUT2D eigenvalue weighted by atomic mass is 127. The Morgan fingerprint density at radius 1 is 1.31 bits per heavy atom. The lowest BCUT2D eigenvalue weighted by Gasteiger charge is -2.11. The molecule has 0 aliphatic rings. The van der Waals surface area contributed by atoms with Crippen LogP contribution in [0.4, 0.5) is 5.69 Å². The lowest BCUT2D eigenvalue weighted by Crippen LogP contribution is -2.14. The minimum absolute atomic E-state index is 0.0307. The zero-order chi connectivity index (χ0) is 21.6. The zero-order valence-electron chi connectivity index (χ0n) is 16.0. The number of nitrogens with zero attached hydrogens (tertiary/aromatic N) is 1. The third-order valence-electron chi connectivity index (χ3n) is 4.11. The highest BCUT2D eigenvalue weighted by molar-refractivity contribution is 14.1. The average molecular weight is 569 g/mol. The minimum Gasteiger partial charge on any atom is -0.480 e. The van der Waals surface area contributed by atoms with Gasteiger partial charge >= 0.3 is 5.97 Å². The summed E-state index contributed by atoms with van der Waals surface area (Å²) in [5.74, 6) is -0.503. The number of halogens is 2. The van der Waals surface area contributed by atoms with Gasteiger partial charge in [-0.15, -0.1) is 0 Å². The van der Waals surface area contributed by atoms with Gasteiger partial charge in [-0.2, -0.15) is 5.26 Å². The summed E-state index contributed by atoms with van der Waals surface area (Å²) in [6.45, 7) is 3.64. The number of hydrogen-bond acceptors (Lipinski definition) is 5. The van der Waals surface area contributed by atoms with Crippen LogP contribution in [0.25, 0.3) is 6.08 Å². The van der Waals surface area contributed by atoms with Crippen LogP contribution in [-0.4, -0.2) is 25.6 Å². The minimum atomic E-state index is -0.494. The van der Waals surface area contributed by atoms with E-state index in [1.54, 1.807) is 18.2 Å². The van der Waals surface area contributed by atoms with Crippen molar-refractivity contribution >= 4 is 62.2 Å². The molecule has 0 aromatic heterocycles. The molecular weight excluding hydrogens is 551 g/mol. The third-order valence-corrected chi connectivity index (χ3v) is 5.50. The van der Waals surface area contributed by atoms with Crippen molar-refractivity contribution < 1.29 is 19.1 Å². The van der Waals surface area contributed by atoms with Crippen molar-refractivity contribution in [2.45, 2.75) is 13.8 Å². The fourth-order valence-corrected chi connectivity index (χ4v) is 4.15. The molecule has 8 heteroatoms. The van der Waals surface area contributed by atoms with Gasteiger partial charge in [-0.05, 0) is 93.3 Å². The number of carbonyl (C=O) groups excluding carboxylic acids is 2. The van der Waals surface area contributed by atoms with Gasteiger partial charge in [-0.3, -0.25) is 4.79 Å². The summed E-state index contributed by atoms with van der Waals surface area (Å²) in [5.41, 5.74) is 3.27. The molecule has 2 aromatic rings. The second kappa shape index (κ2) is 10.4. The Morgan fingerprint density at radius 2 is 2.03 bits per heavy atom. The number of ether oxygens (including phenoxy) is 2. The molecule has 6 nitrogen and oxygen atoms in total.